The van der Waals surface area contributed by atoms with Gasteiger partial charge in [-0.15, -0.1) is 0 Å². The number of fused-ring (bicyclic) bond motifs is 1. The molecule has 1 aromatic heterocycles. The van der Waals surface area contributed by atoms with E-state index in [0.29, 0.717) is 11.4 Å². The van der Waals surface area contributed by atoms with Gasteiger partial charge in [-0.25, -0.2) is 17.9 Å². The van der Waals surface area contributed by atoms with E-state index in [2.05, 4.69) is 14.7 Å². The summed E-state index contributed by atoms with van der Waals surface area (Å²) in [7, 11) is -3.88. The molecular weight excluding hydrogens is 378 g/mol. The smallest absolute Gasteiger partial charge is 0.307 e. The van der Waals surface area contributed by atoms with Crippen LogP contribution in [0.25, 0.3) is 10.9 Å². The number of H-pyrrole nitrogens is 2. The number of hydrogen-bond acceptors (Lipinski definition) is 4. The average Bonchev–Trinajstić information content (AvgIpc) is 2.60. The van der Waals surface area contributed by atoms with Gasteiger partial charge in [0.25, 0.3) is 5.56 Å². The summed E-state index contributed by atoms with van der Waals surface area (Å²) in [5, 5.41) is 0.654. The zero-order chi connectivity index (χ0) is 18.9. The lowest BCUT2D eigenvalue weighted by Crippen LogP contribution is -2.28. The van der Waals surface area contributed by atoms with Gasteiger partial charge in [0.2, 0.25) is 10.0 Å². The molecule has 9 heteroatoms. The third-order valence-corrected chi connectivity index (χ3v) is 5.72. The van der Waals surface area contributed by atoms with Crippen LogP contribution in [0, 0.1) is 0 Å². The van der Waals surface area contributed by atoms with Crippen molar-refractivity contribution in [3.8, 4) is 0 Å². The van der Waals surface area contributed by atoms with E-state index in [4.69, 9.17) is 11.6 Å². The van der Waals surface area contributed by atoms with Gasteiger partial charge in [0.1, 0.15) is 0 Å². The molecule has 0 saturated heterocycles. The molecule has 3 N–H and O–H groups in total. The second kappa shape index (κ2) is 7.06. The first kappa shape index (κ1) is 18.4. The van der Waals surface area contributed by atoms with Crippen molar-refractivity contribution in [1.82, 2.24) is 14.7 Å². The highest BCUT2D eigenvalue weighted by Crippen LogP contribution is 2.22. The van der Waals surface area contributed by atoms with Crippen molar-refractivity contribution in [3.05, 3.63) is 73.9 Å². The van der Waals surface area contributed by atoms with Crippen LogP contribution in [0.3, 0.4) is 0 Å². The number of sulfonamides is 1. The number of halogens is 1. The number of aromatic nitrogens is 2. The molecule has 3 rings (SSSR count). The first-order valence-electron chi connectivity index (χ1n) is 7.84. The van der Waals surface area contributed by atoms with E-state index in [1.165, 1.54) is 18.2 Å². The average molecular weight is 394 g/mol. The number of rotatable bonds is 5. The molecule has 0 amide bonds. The van der Waals surface area contributed by atoms with Crippen molar-refractivity contribution < 1.29 is 8.42 Å². The van der Waals surface area contributed by atoms with Crippen LogP contribution in [0.2, 0.25) is 5.02 Å². The maximum Gasteiger partial charge on any atom is 0.326 e. The molecule has 0 spiro atoms. The monoisotopic (exact) mass is 393 g/mol. The molecule has 26 heavy (non-hydrogen) atoms. The minimum absolute atomic E-state index is 0.0602. The fourth-order valence-corrected chi connectivity index (χ4v) is 4.11. The molecule has 0 saturated carbocycles. The number of hydrogen-bond donors (Lipinski definition) is 3. The number of benzene rings is 2. The van der Waals surface area contributed by atoms with Crippen LogP contribution in [0.5, 0.6) is 0 Å². The summed E-state index contributed by atoms with van der Waals surface area (Å²) in [5.41, 5.74) is -0.249. The van der Waals surface area contributed by atoms with Gasteiger partial charge in [-0.1, -0.05) is 30.7 Å². The summed E-state index contributed by atoms with van der Waals surface area (Å²) < 4.78 is 28.1. The Morgan fingerprint density at radius 2 is 1.77 bits per heavy atom. The minimum atomic E-state index is -3.88. The van der Waals surface area contributed by atoms with Gasteiger partial charge in [-0.2, -0.15) is 0 Å². The summed E-state index contributed by atoms with van der Waals surface area (Å²) in [6.45, 7) is 1.86. The molecule has 0 radical (unpaired) electrons. The molecule has 0 aliphatic carbocycles. The Bertz CT molecular complexity index is 1170. The Morgan fingerprint density at radius 1 is 1.08 bits per heavy atom. The zero-order valence-electron chi connectivity index (χ0n) is 13.7. The van der Waals surface area contributed by atoms with Gasteiger partial charge >= 0.3 is 5.69 Å². The SMILES string of the molecule is CCC(NS(=O)(=O)c1ccc2[nH]c(=O)[nH]c(=O)c2c1)c1ccc(Cl)cc1. The summed E-state index contributed by atoms with van der Waals surface area (Å²) in [4.78, 5) is 27.7. The van der Waals surface area contributed by atoms with Crippen LogP contribution < -0.4 is 16.0 Å². The second-order valence-corrected chi connectivity index (χ2v) is 7.90. The predicted octanol–water partition coefficient (Wildman–Crippen LogP) is 2.30. The van der Waals surface area contributed by atoms with Gasteiger partial charge in [0.15, 0.2) is 0 Å². The molecule has 0 aliphatic heterocycles. The van der Waals surface area contributed by atoms with Crippen LogP contribution in [0.1, 0.15) is 24.9 Å². The Balaban J connectivity index is 1.99. The highest BCUT2D eigenvalue weighted by Gasteiger charge is 2.21. The summed E-state index contributed by atoms with van der Waals surface area (Å²) in [6, 6.07) is 10.4. The zero-order valence-corrected chi connectivity index (χ0v) is 15.3. The highest BCUT2D eigenvalue weighted by atomic mass is 35.5. The lowest BCUT2D eigenvalue weighted by Gasteiger charge is -2.18. The fraction of sp³-hybridized carbons (Fsp3) is 0.176. The normalized spacial score (nSPS) is 13.0. The lowest BCUT2D eigenvalue weighted by atomic mass is 10.1. The van der Waals surface area contributed by atoms with E-state index in [1.54, 1.807) is 24.3 Å². The van der Waals surface area contributed by atoms with Crippen molar-refractivity contribution in [3.63, 3.8) is 0 Å². The number of aromatic amines is 2. The standard InChI is InChI=1S/C17H16ClN3O4S/c1-2-14(10-3-5-11(18)6-4-10)21-26(24,25)12-7-8-15-13(9-12)16(22)20-17(23)19-15/h3-9,14,21H,2H2,1H3,(H2,19,20,22,23). The molecule has 1 heterocycles. The first-order chi connectivity index (χ1) is 12.3. The van der Waals surface area contributed by atoms with Crippen LogP contribution in [-0.4, -0.2) is 18.4 Å². The topological polar surface area (TPSA) is 112 Å². The van der Waals surface area contributed by atoms with E-state index in [1.807, 2.05) is 6.92 Å². The Morgan fingerprint density at radius 3 is 2.42 bits per heavy atom. The Hall–Kier alpha value is -2.42. The van der Waals surface area contributed by atoms with Crippen molar-refractivity contribution in [1.29, 1.82) is 0 Å². The Kier molecular flexibility index (Phi) is 4.99. The molecular formula is C17H16ClN3O4S. The minimum Gasteiger partial charge on any atom is -0.307 e. The summed E-state index contributed by atoms with van der Waals surface area (Å²) in [6.07, 6.45) is 0.530. The molecule has 0 bridgehead atoms. The third kappa shape index (κ3) is 3.72. The molecule has 0 aliphatic rings. The quantitative estimate of drug-likeness (QED) is 0.617. The molecule has 2 aromatic carbocycles. The van der Waals surface area contributed by atoms with Crippen LogP contribution >= 0.6 is 11.6 Å². The maximum absolute atomic E-state index is 12.7. The van der Waals surface area contributed by atoms with Crippen molar-refractivity contribution in [2.75, 3.05) is 0 Å². The van der Waals surface area contributed by atoms with E-state index in [0.717, 1.165) is 5.56 Å². The van der Waals surface area contributed by atoms with Crippen LogP contribution in [-0.2, 0) is 10.0 Å². The summed E-state index contributed by atoms with van der Waals surface area (Å²) >= 11 is 5.87. The molecule has 1 unspecified atom stereocenters. The molecule has 0 fully saturated rings. The predicted molar refractivity (Wildman–Crippen MR) is 100.0 cm³/mol. The van der Waals surface area contributed by atoms with E-state index in [9.17, 15) is 18.0 Å². The van der Waals surface area contributed by atoms with Gasteiger partial charge in [0.05, 0.1) is 15.8 Å². The Labute approximate surface area is 154 Å². The summed E-state index contributed by atoms with van der Waals surface area (Å²) in [5.74, 6) is 0. The van der Waals surface area contributed by atoms with E-state index in [-0.39, 0.29) is 15.8 Å². The van der Waals surface area contributed by atoms with Crippen molar-refractivity contribution in [2.24, 2.45) is 0 Å². The number of nitrogens with one attached hydrogen (secondary N) is 3. The molecule has 136 valence electrons. The highest BCUT2D eigenvalue weighted by molar-refractivity contribution is 7.89. The lowest BCUT2D eigenvalue weighted by molar-refractivity contribution is 0.550. The first-order valence-corrected chi connectivity index (χ1v) is 9.70. The molecule has 3 aromatic rings. The molecule has 7 nitrogen and oxygen atoms in total. The van der Waals surface area contributed by atoms with Gasteiger partial charge in [-0.3, -0.25) is 9.78 Å². The van der Waals surface area contributed by atoms with Crippen molar-refractivity contribution >= 4 is 32.5 Å². The van der Waals surface area contributed by atoms with Crippen molar-refractivity contribution in [2.45, 2.75) is 24.3 Å². The van der Waals surface area contributed by atoms with Crippen LogP contribution in [0.15, 0.2) is 56.9 Å². The van der Waals surface area contributed by atoms with Gasteiger partial charge in [-0.05, 0) is 42.3 Å². The fourth-order valence-electron chi connectivity index (χ4n) is 2.65. The largest absolute Gasteiger partial charge is 0.326 e. The third-order valence-electron chi connectivity index (χ3n) is 4.00. The van der Waals surface area contributed by atoms with Gasteiger partial charge < -0.3 is 4.98 Å². The van der Waals surface area contributed by atoms with Crippen LogP contribution in [0.4, 0.5) is 0 Å². The van der Waals surface area contributed by atoms with E-state index < -0.39 is 27.3 Å². The maximum atomic E-state index is 12.7. The second-order valence-electron chi connectivity index (χ2n) is 5.75. The van der Waals surface area contributed by atoms with Gasteiger partial charge in [0, 0.05) is 11.1 Å². The molecule has 1 atom stereocenters. The van der Waals surface area contributed by atoms with E-state index >= 15 is 0 Å².